The van der Waals surface area contributed by atoms with Crippen molar-refractivity contribution < 1.29 is 4.74 Å². The Hall–Kier alpha value is -0.0800. The van der Waals surface area contributed by atoms with Gasteiger partial charge in [0.25, 0.3) is 0 Å². The van der Waals surface area contributed by atoms with E-state index in [0.717, 1.165) is 13.1 Å². The van der Waals surface area contributed by atoms with E-state index in [9.17, 15) is 0 Å². The van der Waals surface area contributed by atoms with Gasteiger partial charge in [-0.25, -0.2) is 0 Å². The highest BCUT2D eigenvalue weighted by Crippen LogP contribution is 2.35. The zero-order chi connectivity index (χ0) is 10.7. The lowest BCUT2D eigenvalue weighted by atomic mass is 9.82. The van der Waals surface area contributed by atoms with E-state index in [1.54, 1.807) is 0 Å². The van der Waals surface area contributed by atoms with Gasteiger partial charge in [-0.1, -0.05) is 39.5 Å². The molecule has 1 heterocycles. The first-order valence-electron chi connectivity index (χ1n) is 6.64. The van der Waals surface area contributed by atoms with Crippen molar-refractivity contribution in [2.45, 2.75) is 64.1 Å². The molecule has 2 heteroatoms. The molecule has 2 rings (SSSR count). The van der Waals surface area contributed by atoms with Crippen LogP contribution in [0.1, 0.15) is 52.4 Å². The Morgan fingerprint density at radius 1 is 1.33 bits per heavy atom. The summed E-state index contributed by atoms with van der Waals surface area (Å²) in [5.41, 5.74) is 0.199. The van der Waals surface area contributed by atoms with Gasteiger partial charge in [-0.3, -0.25) is 0 Å². The molecule has 1 aliphatic heterocycles. The smallest absolute Gasteiger partial charge is 0.0810 e. The molecule has 2 fully saturated rings. The Morgan fingerprint density at radius 2 is 2.07 bits per heavy atom. The first-order chi connectivity index (χ1) is 7.26. The number of nitrogens with one attached hydrogen (secondary N) is 1. The molecule has 0 bridgehead atoms. The Kier molecular flexibility index (Phi) is 3.68. The summed E-state index contributed by atoms with van der Waals surface area (Å²) in [4.78, 5) is 0. The second kappa shape index (κ2) is 4.84. The highest BCUT2D eigenvalue weighted by molar-refractivity contribution is 4.92. The van der Waals surface area contributed by atoms with Crippen LogP contribution >= 0.6 is 0 Å². The highest BCUT2D eigenvalue weighted by atomic mass is 16.5. The summed E-state index contributed by atoms with van der Waals surface area (Å²) >= 11 is 0. The van der Waals surface area contributed by atoms with E-state index in [-0.39, 0.29) is 5.60 Å². The highest BCUT2D eigenvalue weighted by Gasteiger charge is 2.39. The third-order valence-corrected chi connectivity index (χ3v) is 4.24. The third kappa shape index (κ3) is 2.54. The second-order valence-corrected chi connectivity index (χ2v) is 5.42. The maximum atomic E-state index is 6.41. The summed E-state index contributed by atoms with van der Waals surface area (Å²) in [6.07, 6.45) is 8.33. The van der Waals surface area contributed by atoms with Crippen LogP contribution in [0.3, 0.4) is 0 Å². The summed E-state index contributed by atoms with van der Waals surface area (Å²) in [5, 5.41) is 3.59. The Bertz CT molecular complexity index is 193. The van der Waals surface area contributed by atoms with Gasteiger partial charge in [0.15, 0.2) is 0 Å². The molecule has 1 aliphatic carbocycles. The van der Waals surface area contributed by atoms with Gasteiger partial charge in [-0.15, -0.1) is 0 Å². The lowest BCUT2D eigenvalue weighted by molar-refractivity contribution is -0.149. The van der Waals surface area contributed by atoms with Crippen LogP contribution in [0, 0.1) is 5.92 Å². The molecule has 0 aromatic carbocycles. The van der Waals surface area contributed by atoms with Crippen molar-refractivity contribution >= 4 is 0 Å². The average Bonchev–Trinajstić information content (AvgIpc) is 2.29. The van der Waals surface area contributed by atoms with Crippen molar-refractivity contribution in [3.63, 3.8) is 0 Å². The lowest BCUT2D eigenvalue weighted by Gasteiger charge is -2.45. The van der Waals surface area contributed by atoms with E-state index in [1.165, 1.54) is 38.5 Å². The number of hydrogen-bond acceptors (Lipinski definition) is 2. The van der Waals surface area contributed by atoms with Crippen LogP contribution < -0.4 is 5.32 Å². The largest absolute Gasteiger partial charge is 0.369 e. The number of rotatable bonds is 2. The van der Waals surface area contributed by atoms with Gasteiger partial charge in [0.2, 0.25) is 0 Å². The summed E-state index contributed by atoms with van der Waals surface area (Å²) < 4.78 is 6.41. The fraction of sp³-hybridized carbons (Fsp3) is 1.00. The summed E-state index contributed by atoms with van der Waals surface area (Å²) in [6, 6.07) is 0. The maximum absolute atomic E-state index is 6.41. The Morgan fingerprint density at radius 3 is 2.73 bits per heavy atom. The molecule has 0 aromatic heterocycles. The van der Waals surface area contributed by atoms with Gasteiger partial charge in [0, 0.05) is 13.1 Å². The fourth-order valence-electron chi connectivity index (χ4n) is 2.92. The summed E-state index contributed by atoms with van der Waals surface area (Å²) in [6.45, 7) is 6.71. The standard InChI is InChI=1S/C13H25NO/c1-3-11(2)12-9-14-10-13(15-12)7-5-4-6-8-13/h11-12,14H,3-10H2,1-2H3. The molecular formula is C13H25NO. The Labute approximate surface area is 93.8 Å². The monoisotopic (exact) mass is 211 g/mol. The summed E-state index contributed by atoms with van der Waals surface area (Å²) in [7, 11) is 0. The van der Waals surface area contributed by atoms with Gasteiger partial charge < -0.3 is 10.1 Å². The van der Waals surface area contributed by atoms with E-state index in [0.29, 0.717) is 12.0 Å². The van der Waals surface area contributed by atoms with E-state index in [2.05, 4.69) is 19.2 Å². The van der Waals surface area contributed by atoms with Crippen molar-refractivity contribution in [2.24, 2.45) is 5.92 Å². The van der Waals surface area contributed by atoms with Crippen LogP contribution in [-0.4, -0.2) is 24.8 Å². The minimum absolute atomic E-state index is 0.199. The van der Waals surface area contributed by atoms with Crippen LogP contribution in [0.5, 0.6) is 0 Å². The van der Waals surface area contributed by atoms with Crippen molar-refractivity contribution in [1.29, 1.82) is 0 Å². The average molecular weight is 211 g/mol. The van der Waals surface area contributed by atoms with Gasteiger partial charge in [-0.05, 0) is 18.8 Å². The van der Waals surface area contributed by atoms with Gasteiger partial charge in [-0.2, -0.15) is 0 Å². The second-order valence-electron chi connectivity index (χ2n) is 5.42. The van der Waals surface area contributed by atoms with Crippen LogP contribution in [0.2, 0.25) is 0 Å². The van der Waals surface area contributed by atoms with Gasteiger partial charge >= 0.3 is 0 Å². The predicted octanol–water partition coefficient (Wildman–Crippen LogP) is 2.72. The molecule has 1 saturated heterocycles. The van der Waals surface area contributed by atoms with Crippen LogP contribution in [0.15, 0.2) is 0 Å². The van der Waals surface area contributed by atoms with Crippen molar-refractivity contribution in [2.75, 3.05) is 13.1 Å². The van der Waals surface area contributed by atoms with Crippen LogP contribution in [0.4, 0.5) is 0 Å². The molecule has 2 nitrogen and oxygen atoms in total. The first-order valence-corrected chi connectivity index (χ1v) is 6.64. The molecule has 1 spiro atoms. The molecule has 88 valence electrons. The number of morpholine rings is 1. The maximum Gasteiger partial charge on any atom is 0.0810 e. The van der Waals surface area contributed by atoms with E-state index < -0.39 is 0 Å². The molecule has 2 atom stereocenters. The van der Waals surface area contributed by atoms with Crippen molar-refractivity contribution in [1.82, 2.24) is 5.32 Å². The minimum atomic E-state index is 0.199. The minimum Gasteiger partial charge on any atom is -0.369 e. The normalized spacial score (nSPS) is 32.8. The quantitative estimate of drug-likeness (QED) is 0.758. The van der Waals surface area contributed by atoms with Crippen molar-refractivity contribution in [3.05, 3.63) is 0 Å². The molecule has 2 unspecified atom stereocenters. The molecule has 2 aliphatic rings. The van der Waals surface area contributed by atoms with Crippen LogP contribution in [-0.2, 0) is 4.74 Å². The number of hydrogen-bond donors (Lipinski definition) is 1. The zero-order valence-corrected chi connectivity index (χ0v) is 10.2. The van der Waals surface area contributed by atoms with Gasteiger partial charge in [0.1, 0.15) is 0 Å². The molecule has 0 amide bonds. The first kappa shape index (κ1) is 11.4. The van der Waals surface area contributed by atoms with Crippen molar-refractivity contribution in [3.8, 4) is 0 Å². The van der Waals surface area contributed by atoms with E-state index in [1.807, 2.05) is 0 Å². The summed E-state index contributed by atoms with van der Waals surface area (Å²) in [5.74, 6) is 0.691. The lowest BCUT2D eigenvalue weighted by Crippen LogP contribution is -2.56. The van der Waals surface area contributed by atoms with E-state index >= 15 is 0 Å². The topological polar surface area (TPSA) is 21.3 Å². The SMILES string of the molecule is CCC(C)C1CNCC2(CCCCC2)O1. The van der Waals surface area contributed by atoms with Crippen LogP contribution in [0.25, 0.3) is 0 Å². The fourth-order valence-corrected chi connectivity index (χ4v) is 2.92. The molecule has 1 saturated carbocycles. The third-order valence-electron chi connectivity index (χ3n) is 4.24. The predicted molar refractivity (Wildman–Crippen MR) is 63.0 cm³/mol. The molecule has 0 radical (unpaired) electrons. The molecule has 1 N–H and O–H groups in total. The molecule has 0 aromatic rings. The van der Waals surface area contributed by atoms with Gasteiger partial charge in [0.05, 0.1) is 11.7 Å². The van der Waals surface area contributed by atoms with E-state index in [4.69, 9.17) is 4.74 Å². The Balaban J connectivity index is 1.96. The number of ether oxygens (including phenoxy) is 1. The molecule has 15 heavy (non-hydrogen) atoms. The zero-order valence-electron chi connectivity index (χ0n) is 10.2. The molecular weight excluding hydrogens is 186 g/mol.